The zero-order valence-corrected chi connectivity index (χ0v) is 16.3. The van der Waals surface area contributed by atoms with E-state index in [0.29, 0.717) is 24.7 Å². The van der Waals surface area contributed by atoms with Gasteiger partial charge in [0.25, 0.3) is 0 Å². The maximum Gasteiger partial charge on any atom is 0.244 e. The number of nitrogens with zero attached hydrogens (tertiary/aromatic N) is 2. The van der Waals surface area contributed by atoms with E-state index in [9.17, 15) is 12.6 Å². The number of anilines is 1. The summed E-state index contributed by atoms with van der Waals surface area (Å²) in [7, 11) is -4.16. The van der Waals surface area contributed by atoms with Crippen LogP contribution in [0.2, 0.25) is 0 Å². The monoisotopic (exact) mass is 385 g/mol. The molecule has 0 radical (unpaired) electrons. The van der Waals surface area contributed by atoms with Crippen LogP contribution in [0.25, 0.3) is 0 Å². The average molecular weight is 386 g/mol. The van der Waals surface area contributed by atoms with Crippen molar-refractivity contribution in [3.05, 3.63) is 18.3 Å². The van der Waals surface area contributed by atoms with Gasteiger partial charge in [-0.15, -0.1) is 0 Å². The molecule has 6 nitrogen and oxygen atoms in total. The van der Waals surface area contributed by atoms with E-state index in [-0.39, 0.29) is 16.2 Å². The summed E-state index contributed by atoms with van der Waals surface area (Å²) in [6, 6.07) is 3.62. The quantitative estimate of drug-likeness (QED) is 0.813. The van der Waals surface area contributed by atoms with Gasteiger partial charge in [-0.1, -0.05) is 13.3 Å². The normalized spacial score (nSPS) is 26.4. The Kier molecular flexibility index (Phi) is 6.12. The molecular weight excluding hydrogens is 358 g/mol. The van der Waals surface area contributed by atoms with Gasteiger partial charge in [0.05, 0.1) is 0 Å². The van der Waals surface area contributed by atoms with Crippen molar-refractivity contribution in [2.24, 2.45) is 0 Å². The molecule has 1 saturated carbocycles. The Morgan fingerprint density at radius 2 is 2.00 bits per heavy atom. The van der Waals surface area contributed by atoms with Crippen molar-refractivity contribution in [1.82, 2.24) is 9.29 Å². The molecule has 3 unspecified atom stereocenters. The number of nitrogens with one attached hydrogen (secondary N) is 1. The summed E-state index contributed by atoms with van der Waals surface area (Å²) in [4.78, 5) is 4.57. The van der Waals surface area contributed by atoms with Gasteiger partial charge in [0, 0.05) is 47.1 Å². The van der Waals surface area contributed by atoms with Crippen molar-refractivity contribution in [1.29, 1.82) is 0 Å². The van der Waals surface area contributed by atoms with E-state index in [0.717, 1.165) is 38.5 Å². The third-order valence-corrected chi connectivity index (χ3v) is 8.70. The summed E-state index contributed by atoms with van der Waals surface area (Å²) in [6.45, 7) is 3.16. The Hall–Kier alpha value is -0.990. The highest BCUT2D eigenvalue weighted by Crippen LogP contribution is 2.26. The molecule has 0 bridgehead atoms. The number of pyridine rings is 1. The third kappa shape index (κ3) is 4.41. The highest BCUT2D eigenvalue weighted by molar-refractivity contribution is 7.89. The van der Waals surface area contributed by atoms with Gasteiger partial charge in [0.2, 0.25) is 10.0 Å². The molecule has 1 aromatic heterocycles. The molecular formula is C17H27N3O3S2. The molecule has 1 aliphatic carbocycles. The van der Waals surface area contributed by atoms with Crippen molar-refractivity contribution in [3.63, 3.8) is 0 Å². The Balaban J connectivity index is 1.63. The van der Waals surface area contributed by atoms with Crippen LogP contribution < -0.4 is 5.32 Å². The van der Waals surface area contributed by atoms with Gasteiger partial charge in [-0.05, 0) is 44.2 Å². The van der Waals surface area contributed by atoms with Crippen LogP contribution in [0.3, 0.4) is 0 Å². The van der Waals surface area contributed by atoms with E-state index in [2.05, 4.69) is 10.3 Å². The van der Waals surface area contributed by atoms with Gasteiger partial charge in [0.1, 0.15) is 10.7 Å². The molecule has 2 heterocycles. The van der Waals surface area contributed by atoms with E-state index in [1.165, 1.54) is 10.5 Å². The molecule has 3 atom stereocenters. The summed E-state index contributed by atoms with van der Waals surface area (Å²) in [6.07, 6.45) is 7.31. The lowest BCUT2D eigenvalue weighted by Crippen LogP contribution is -2.33. The van der Waals surface area contributed by atoms with Crippen LogP contribution in [-0.4, -0.2) is 52.1 Å². The van der Waals surface area contributed by atoms with E-state index in [1.807, 2.05) is 6.92 Å². The van der Waals surface area contributed by atoms with Crippen LogP contribution in [0.1, 0.15) is 45.4 Å². The van der Waals surface area contributed by atoms with E-state index in [1.54, 1.807) is 12.1 Å². The second kappa shape index (κ2) is 8.14. The first kappa shape index (κ1) is 18.8. The van der Waals surface area contributed by atoms with Crippen LogP contribution in [0.15, 0.2) is 23.2 Å². The Labute approximate surface area is 152 Å². The van der Waals surface area contributed by atoms with Crippen LogP contribution in [-0.2, 0) is 20.8 Å². The number of hydrogen-bond donors (Lipinski definition) is 1. The van der Waals surface area contributed by atoms with Gasteiger partial charge in [0.15, 0.2) is 0 Å². The standard InChI is InChI=1S/C17H27N3O3S2/c1-2-24(21)15-7-5-6-14(12-15)19-17-9-8-16(13-18-17)25(22,23)20-10-3-4-11-20/h8-9,13-15H,2-7,10-12H2,1H3,(H,18,19). The molecule has 1 saturated heterocycles. The molecule has 2 aliphatic rings. The molecule has 3 rings (SSSR count). The van der Waals surface area contributed by atoms with Crippen molar-refractivity contribution in [2.75, 3.05) is 24.2 Å². The Morgan fingerprint density at radius 1 is 1.24 bits per heavy atom. The zero-order valence-electron chi connectivity index (χ0n) is 14.7. The summed E-state index contributed by atoms with van der Waals surface area (Å²) in [5.41, 5.74) is 0. The average Bonchev–Trinajstić information content (AvgIpc) is 3.17. The molecule has 8 heteroatoms. The van der Waals surface area contributed by atoms with Crippen molar-refractivity contribution in [2.45, 2.75) is 61.6 Å². The van der Waals surface area contributed by atoms with Crippen molar-refractivity contribution >= 4 is 26.6 Å². The lowest BCUT2D eigenvalue weighted by molar-refractivity contribution is 0.464. The molecule has 0 spiro atoms. The SMILES string of the molecule is CCS(=O)C1CCCC(Nc2ccc(S(=O)(=O)N3CCCC3)cn2)C1. The van der Waals surface area contributed by atoms with Gasteiger partial charge < -0.3 is 5.32 Å². The molecule has 0 aromatic carbocycles. The van der Waals surface area contributed by atoms with Gasteiger partial charge >= 0.3 is 0 Å². The predicted octanol–water partition coefficient (Wildman–Crippen LogP) is 2.36. The van der Waals surface area contributed by atoms with E-state index in [4.69, 9.17) is 0 Å². The van der Waals surface area contributed by atoms with Gasteiger partial charge in [-0.2, -0.15) is 4.31 Å². The van der Waals surface area contributed by atoms with E-state index < -0.39 is 20.8 Å². The predicted molar refractivity (Wildman–Crippen MR) is 101 cm³/mol. The maximum absolute atomic E-state index is 12.5. The fourth-order valence-electron chi connectivity index (χ4n) is 3.66. The second-order valence-electron chi connectivity index (χ2n) is 6.79. The second-order valence-corrected chi connectivity index (χ2v) is 10.7. The van der Waals surface area contributed by atoms with Crippen molar-refractivity contribution in [3.8, 4) is 0 Å². The first-order valence-electron chi connectivity index (χ1n) is 9.10. The van der Waals surface area contributed by atoms with Crippen LogP contribution in [0.5, 0.6) is 0 Å². The number of rotatable bonds is 6. The maximum atomic E-state index is 12.5. The zero-order chi connectivity index (χ0) is 17.9. The first-order chi connectivity index (χ1) is 12.0. The fraction of sp³-hybridized carbons (Fsp3) is 0.706. The summed E-state index contributed by atoms with van der Waals surface area (Å²) < 4.78 is 38.6. The Morgan fingerprint density at radius 3 is 2.64 bits per heavy atom. The third-order valence-electron chi connectivity index (χ3n) is 5.07. The van der Waals surface area contributed by atoms with Crippen LogP contribution in [0, 0.1) is 0 Å². The molecule has 2 fully saturated rings. The van der Waals surface area contributed by atoms with E-state index >= 15 is 0 Å². The Bertz CT molecular complexity index is 700. The lowest BCUT2D eigenvalue weighted by Gasteiger charge is -2.29. The highest BCUT2D eigenvalue weighted by atomic mass is 32.2. The summed E-state index contributed by atoms with van der Waals surface area (Å²) >= 11 is 0. The van der Waals surface area contributed by atoms with Crippen LogP contribution >= 0.6 is 0 Å². The fourth-order valence-corrected chi connectivity index (χ4v) is 6.47. The minimum atomic E-state index is -3.41. The summed E-state index contributed by atoms with van der Waals surface area (Å²) in [5.74, 6) is 1.40. The van der Waals surface area contributed by atoms with Gasteiger partial charge in [-0.25, -0.2) is 13.4 Å². The molecule has 0 amide bonds. The van der Waals surface area contributed by atoms with Crippen molar-refractivity contribution < 1.29 is 12.6 Å². The molecule has 1 aliphatic heterocycles. The minimum Gasteiger partial charge on any atom is -0.367 e. The highest BCUT2D eigenvalue weighted by Gasteiger charge is 2.28. The minimum absolute atomic E-state index is 0.253. The first-order valence-corrected chi connectivity index (χ1v) is 11.9. The molecule has 25 heavy (non-hydrogen) atoms. The number of sulfonamides is 1. The number of aromatic nitrogens is 1. The van der Waals surface area contributed by atoms with Gasteiger partial charge in [-0.3, -0.25) is 4.21 Å². The largest absolute Gasteiger partial charge is 0.367 e. The topological polar surface area (TPSA) is 79.4 Å². The smallest absolute Gasteiger partial charge is 0.244 e. The summed E-state index contributed by atoms with van der Waals surface area (Å²) in [5, 5.41) is 3.64. The molecule has 1 aromatic rings. The molecule has 140 valence electrons. The molecule has 1 N–H and O–H groups in total. The van der Waals surface area contributed by atoms with Crippen LogP contribution in [0.4, 0.5) is 5.82 Å². The number of hydrogen-bond acceptors (Lipinski definition) is 5. The lowest BCUT2D eigenvalue weighted by atomic mass is 9.95.